The molecule has 1 atom stereocenters. The SMILES string of the molecule is CCNC(=NCC(=O)NC(C)(C)C)NCC(c1cccs1)N1CCOCC1. The van der Waals surface area contributed by atoms with Crippen LogP contribution in [0.5, 0.6) is 0 Å². The molecule has 1 unspecified atom stereocenters. The molecule has 0 spiro atoms. The summed E-state index contributed by atoms with van der Waals surface area (Å²) in [5.74, 6) is 0.582. The Morgan fingerprint density at radius 1 is 1.33 bits per heavy atom. The van der Waals surface area contributed by atoms with Crippen LogP contribution >= 0.6 is 11.3 Å². The van der Waals surface area contributed by atoms with E-state index in [2.05, 4.69) is 43.4 Å². The molecule has 0 bridgehead atoms. The van der Waals surface area contributed by atoms with Crippen molar-refractivity contribution in [3.63, 3.8) is 0 Å². The first-order valence-corrected chi connectivity index (χ1v) is 10.5. The van der Waals surface area contributed by atoms with Crippen LogP contribution < -0.4 is 16.0 Å². The van der Waals surface area contributed by atoms with Crippen LogP contribution in [0.1, 0.15) is 38.6 Å². The number of thiophene rings is 1. The van der Waals surface area contributed by atoms with Gasteiger partial charge in [-0.3, -0.25) is 9.69 Å². The van der Waals surface area contributed by atoms with E-state index in [0.717, 1.165) is 39.4 Å². The predicted molar refractivity (Wildman–Crippen MR) is 111 cm³/mol. The molecule has 1 aliphatic rings. The zero-order valence-electron chi connectivity index (χ0n) is 16.9. The Labute approximate surface area is 166 Å². The molecule has 27 heavy (non-hydrogen) atoms. The van der Waals surface area contributed by atoms with E-state index in [0.29, 0.717) is 5.96 Å². The number of rotatable bonds is 7. The summed E-state index contributed by atoms with van der Waals surface area (Å²) in [5.41, 5.74) is -0.251. The van der Waals surface area contributed by atoms with Crippen molar-refractivity contribution in [2.45, 2.75) is 39.3 Å². The predicted octanol–water partition coefficient (Wildman–Crippen LogP) is 1.59. The molecule has 1 saturated heterocycles. The number of amides is 1. The number of ether oxygens (including phenoxy) is 1. The van der Waals surface area contributed by atoms with Crippen LogP contribution in [0.25, 0.3) is 0 Å². The van der Waals surface area contributed by atoms with Gasteiger partial charge in [-0.1, -0.05) is 6.07 Å². The molecule has 2 rings (SSSR count). The minimum Gasteiger partial charge on any atom is -0.379 e. The normalized spacial score (nSPS) is 17.4. The fraction of sp³-hybridized carbons (Fsp3) is 0.684. The number of hydrogen-bond acceptors (Lipinski definition) is 5. The summed E-state index contributed by atoms with van der Waals surface area (Å²) in [5, 5.41) is 11.7. The fourth-order valence-electron chi connectivity index (χ4n) is 2.92. The van der Waals surface area contributed by atoms with E-state index in [-0.39, 0.29) is 24.0 Å². The van der Waals surface area contributed by atoms with Crippen LogP contribution in [-0.4, -0.2) is 68.2 Å². The number of aliphatic imine (C=N–C) groups is 1. The lowest BCUT2D eigenvalue weighted by atomic mass is 10.1. The zero-order chi connectivity index (χ0) is 19.7. The third kappa shape index (κ3) is 7.86. The number of carbonyl (C=O) groups is 1. The molecule has 1 aromatic rings. The van der Waals surface area contributed by atoms with Gasteiger partial charge in [0.15, 0.2) is 5.96 Å². The van der Waals surface area contributed by atoms with Crippen LogP contribution in [0.2, 0.25) is 0 Å². The molecule has 1 amide bonds. The summed E-state index contributed by atoms with van der Waals surface area (Å²) in [6, 6.07) is 4.53. The molecule has 1 aromatic heterocycles. The Morgan fingerprint density at radius 3 is 2.67 bits per heavy atom. The third-order valence-corrected chi connectivity index (χ3v) is 5.03. The van der Waals surface area contributed by atoms with Gasteiger partial charge in [0.2, 0.25) is 5.91 Å². The Kier molecular flexibility index (Phi) is 8.53. The van der Waals surface area contributed by atoms with Gasteiger partial charge < -0.3 is 20.7 Å². The molecule has 0 radical (unpaired) electrons. The maximum absolute atomic E-state index is 12.0. The van der Waals surface area contributed by atoms with Crippen LogP contribution in [0.3, 0.4) is 0 Å². The van der Waals surface area contributed by atoms with Gasteiger partial charge >= 0.3 is 0 Å². The lowest BCUT2D eigenvalue weighted by Gasteiger charge is -2.34. The molecular weight excluding hydrogens is 362 g/mol. The quantitative estimate of drug-likeness (QED) is 0.483. The van der Waals surface area contributed by atoms with Gasteiger partial charge in [0, 0.05) is 36.6 Å². The Balaban J connectivity index is 1.98. The monoisotopic (exact) mass is 395 g/mol. The molecule has 152 valence electrons. The van der Waals surface area contributed by atoms with E-state index in [1.807, 2.05) is 27.7 Å². The molecule has 3 N–H and O–H groups in total. The summed E-state index contributed by atoms with van der Waals surface area (Å²) < 4.78 is 5.50. The van der Waals surface area contributed by atoms with E-state index >= 15 is 0 Å². The number of nitrogens with zero attached hydrogens (tertiary/aromatic N) is 2. The highest BCUT2D eigenvalue weighted by atomic mass is 32.1. The first-order valence-electron chi connectivity index (χ1n) is 9.57. The lowest BCUT2D eigenvalue weighted by Crippen LogP contribution is -2.46. The molecule has 1 aliphatic heterocycles. The van der Waals surface area contributed by atoms with Gasteiger partial charge in [0.25, 0.3) is 0 Å². The zero-order valence-corrected chi connectivity index (χ0v) is 17.7. The second-order valence-electron chi connectivity index (χ2n) is 7.55. The van der Waals surface area contributed by atoms with Gasteiger partial charge in [-0.2, -0.15) is 0 Å². The highest BCUT2D eigenvalue weighted by Crippen LogP contribution is 2.25. The Bertz CT molecular complexity index is 592. The van der Waals surface area contributed by atoms with E-state index in [1.54, 1.807) is 11.3 Å². The first-order chi connectivity index (χ1) is 12.9. The van der Waals surface area contributed by atoms with Gasteiger partial charge in [-0.15, -0.1) is 11.3 Å². The van der Waals surface area contributed by atoms with Crippen LogP contribution in [0.4, 0.5) is 0 Å². The van der Waals surface area contributed by atoms with Crippen molar-refractivity contribution in [2.75, 3.05) is 45.9 Å². The second-order valence-corrected chi connectivity index (χ2v) is 8.53. The van der Waals surface area contributed by atoms with Crippen molar-refractivity contribution in [1.82, 2.24) is 20.9 Å². The minimum absolute atomic E-state index is 0.0808. The fourth-order valence-corrected chi connectivity index (χ4v) is 3.78. The van der Waals surface area contributed by atoms with Gasteiger partial charge in [-0.25, -0.2) is 4.99 Å². The second kappa shape index (κ2) is 10.6. The standard InChI is InChI=1S/C19H33N5O2S/c1-5-20-18(22-14-17(25)23-19(2,3)4)21-13-15(16-7-6-12-27-16)24-8-10-26-11-9-24/h6-7,12,15H,5,8-11,13-14H2,1-4H3,(H,23,25)(H2,20,21,22). The summed E-state index contributed by atoms with van der Waals surface area (Å²) in [6.45, 7) is 12.9. The average Bonchev–Trinajstić information content (AvgIpc) is 3.13. The summed E-state index contributed by atoms with van der Waals surface area (Å²) in [4.78, 5) is 20.3. The molecule has 8 heteroatoms. The molecule has 0 aliphatic carbocycles. The van der Waals surface area contributed by atoms with Crippen LogP contribution in [0.15, 0.2) is 22.5 Å². The number of morpholine rings is 1. The Hall–Kier alpha value is -1.64. The molecule has 1 fully saturated rings. The maximum atomic E-state index is 12.0. The largest absolute Gasteiger partial charge is 0.379 e. The molecule has 0 saturated carbocycles. The summed E-state index contributed by atoms with van der Waals surface area (Å²) >= 11 is 1.77. The van der Waals surface area contributed by atoms with Crippen molar-refractivity contribution in [3.05, 3.63) is 22.4 Å². The smallest absolute Gasteiger partial charge is 0.242 e. The highest BCUT2D eigenvalue weighted by molar-refractivity contribution is 7.10. The third-order valence-electron chi connectivity index (χ3n) is 4.06. The van der Waals surface area contributed by atoms with E-state index in [4.69, 9.17) is 4.74 Å². The number of hydrogen-bond donors (Lipinski definition) is 3. The number of nitrogens with one attached hydrogen (secondary N) is 3. The van der Waals surface area contributed by atoms with Crippen molar-refractivity contribution >= 4 is 23.2 Å². The van der Waals surface area contributed by atoms with Gasteiger partial charge in [0.05, 0.1) is 19.3 Å². The molecule has 0 aromatic carbocycles. The van der Waals surface area contributed by atoms with Crippen molar-refractivity contribution in [1.29, 1.82) is 0 Å². The van der Waals surface area contributed by atoms with Crippen molar-refractivity contribution in [2.24, 2.45) is 4.99 Å². The Morgan fingerprint density at radius 2 is 2.07 bits per heavy atom. The lowest BCUT2D eigenvalue weighted by molar-refractivity contribution is -0.121. The maximum Gasteiger partial charge on any atom is 0.242 e. The molecule has 2 heterocycles. The number of guanidine groups is 1. The van der Waals surface area contributed by atoms with Crippen LogP contribution in [0, 0.1) is 0 Å². The number of carbonyl (C=O) groups excluding carboxylic acids is 1. The van der Waals surface area contributed by atoms with Gasteiger partial charge in [0.1, 0.15) is 6.54 Å². The summed E-state index contributed by atoms with van der Waals surface area (Å²) in [6.07, 6.45) is 0. The minimum atomic E-state index is -0.251. The van der Waals surface area contributed by atoms with E-state index in [1.165, 1.54) is 4.88 Å². The van der Waals surface area contributed by atoms with Gasteiger partial charge in [-0.05, 0) is 39.1 Å². The average molecular weight is 396 g/mol. The van der Waals surface area contributed by atoms with E-state index in [9.17, 15) is 4.79 Å². The van der Waals surface area contributed by atoms with Crippen molar-refractivity contribution in [3.8, 4) is 0 Å². The highest BCUT2D eigenvalue weighted by Gasteiger charge is 2.23. The van der Waals surface area contributed by atoms with Crippen LogP contribution in [-0.2, 0) is 9.53 Å². The molecular formula is C19H33N5O2S. The van der Waals surface area contributed by atoms with E-state index < -0.39 is 0 Å². The topological polar surface area (TPSA) is 78.0 Å². The molecule has 7 nitrogen and oxygen atoms in total. The summed E-state index contributed by atoms with van der Waals surface area (Å²) in [7, 11) is 0. The first kappa shape index (κ1) is 21.7. The van der Waals surface area contributed by atoms with Crippen molar-refractivity contribution < 1.29 is 9.53 Å².